The molecule has 22 heavy (non-hydrogen) atoms. The first-order valence-corrected chi connectivity index (χ1v) is 7.50. The maximum atomic E-state index is 12.4. The van der Waals surface area contributed by atoms with Gasteiger partial charge in [-0.05, 0) is 5.92 Å². The molecule has 0 bridgehead atoms. The van der Waals surface area contributed by atoms with Gasteiger partial charge in [0.15, 0.2) is 6.23 Å². The topological polar surface area (TPSA) is 123 Å². The van der Waals surface area contributed by atoms with E-state index in [4.69, 9.17) is 16.3 Å². The number of urea groups is 1. The predicted molar refractivity (Wildman–Crippen MR) is 77.9 cm³/mol. The van der Waals surface area contributed by atoms with Gasteiger partial charge in [-0.3, -0.25) is 4.90 Å². The number of hydrogen-bond acceptors (Lipinski definition) is 7. The van der Waals surface area contributed by atoms with Crippen molar-refractivity contribution in [2.75, 3.05) is 25.6 Å². The minimum atomic E-state index is -1.50. The van der Waals surface area contributed by atoms with Crippen LogP contribution in [0, 0.1) is 10.8 Å². The van der Waals surface area contributed by atoms with Crippen molar-refractivity contribution in [2.45, 2.75) is 38.4 Å². The molecule has 1 fully saturated rings. The van der Waals surface area contributed by atoms with Crippen LogP contribution in [0.2, 0.25) is 0 Å². The fourth-order valence-corrected chi connectivity index (χ4v) is 2.31. The maximum absolute atomic E-state index is 12.4. The summed E-state index contributed by atoms with van der Waals surface area (Å²) in [4.78, 5) is 24.3. The molecule has 1 heterocycles. The highest BCUT2D eigenvalue weighted by Gasteiger charge is 2.43. The van der Waals surface area contributed by atoms with Crippen LogP contribution in [0.3, 0.4) is 0 Å². The van der Waals surface area contributed by atoms with Crippen molar-refractivity contribution in [3.63, 3.8) is 0 Å². The van der Waals surface area contributed by atoms with Crippen LogP contribution in [0.15, 0.2) is 5.29 Å². The third-order valence-corrected chi connectivity index (χ3v) is 3.37. The SMILES string of the molecule is CC(C)CN(C(=O)N(CCCl)N=O)C1OC[C@H](O)[C@H](O)[C@H]1O. The van der Waals surface area contributed by atoms with E-state index >= 15 is 0 Å². The van der Waals surface area contributed by atoms with E-state index in [1.165, 1.54) is 0 Å². The summed E-state index contributed by atoms with van der Waals surface area (Å²) in [5.74, 6) is 0.0239. The second-order valence-corrected chi connectivity index (χ2v) is 5.87. The summed E-state index contributed by atoms with van der Waals surface area (Å²) >= 11 is 5.52. The summed E-state index contributed by atoms with van der Waals surface area (Å²) in [7, 11) is 0. The number of aliphatic hydroxyl groups excluding tert-OH is 3. The van der Waals surface area contributed by atoms with Crippen LogP contribution in [-0.4, -0.2) is 81.4 Å². The number of amides is 2. The predicted octanol–water partition coefficient (Wildman–Crippen LogP) is -0.274. The molecule has 0 saturated carbocycles. The summed E-state index contributed by atoms with van der Waals surface area (Å²) in [6.07, 6.45) is -5.39. The minimum absolute atomic E-state index is 0.00764. The fraction of sp³-hybridized carbons (Fsp3) is 0.917. The van der Waals surface area contributed by atoms with Crippen LogP contribution >= 0.6 is 11.6 Å². The van der Waals surface area contributed by atoms with Gasteiger partial charge in [0.05, 0.1) is 18.4 Å². The van der Waals surface area contributed by atoms with Crippen LogP contribution in [0.1, 0.15) is 13.8 Å². The van der Waals surface area contributed by atoms with Crippen molar-refractivity contribution in [2.24, 2.45) is 11.2 Å². The molecular weight excluding hydrogens is 318 g/mol. The summed E-state index contributed by atoms with van der Waals surface area (Å²) in [6, 6.07) is -0.781. The Bertz CT molecular complexity index is 386. The number of alkyl halides is 1. The number of hydrogen-bond donors (Lipinski definition) is 3. The number of carbonyl (C=O) groups is 1. The standard InChI is InChI=1S/C12H22ClN3O6/c1-7(2)5-15(12(20)16(14-21)4-3-13)11-10(19)9(18)8(17)6-22-11/h7-11,17-19H,3-6H2,1-2H3/t8-,9-,10+,11?/m0/s1. The molecule has 2 amide bonds. The molecule has 9 nitrogen and oxygen atoms in total. The van der Waals surface area contributed by atoms with E-state index in [0.29, 0.717) is 5.01 Å². The minimum Gasteiger partial charge on any atom is -0.388 e. The molecular formula is C12H22ClN3O6. The van der Waals surface area contributed by atoms with Gasteiger partial charge < -0.3 is 20.1 Å². The van der Waals surface area contributed by atoms with Gasteiger partial charge in [0.1, 0.15) is 18.3 Å². The molecule has 0 aromatic carbocycles. The second-order valence-electron chi connectivity index (χ2n) is 5.49. The highest BCUT2D eigenvalue weighted by atomic mass is 35.5. The summed E-state index contributed by atoms with van der Waals surface area (Å²) in [5, 5.41) is 32.5. The summed E-state index contributed by atoms with van der Waals surface area (Å²) in [6.45, 7) is 3.50. The monoisotopic (exact) mass is 339 g/mol. The molecule has 4 atom stereocenters. The molecule has 1 saturated heterocycles. The van der Waals surface area contributed by atoms with Crippen LogP contribution in [0.5, 0.6) is 0 Å². The third-order valence-electron chi connectivity index (χ3n) is 3.20. The Labute approximate surface area is 133 Å². The van der Waals surface area contributed by atoms with Crippen molar-refractivity contribution in [1.82, 2.24) is 9.91 Å². The van der Waals surface area contributed by atoms with Gasteiger partial charge in [0.2, 0.25) is 0 Å². The number of carbonyl (C=O) groups excluding carboxylic acids is 1. The number of aliphatic hydroxyl groups is 3. The largest absolute Gasteiger partial charge is 0.388 e. The van der Waals surface area contributed by atoms with E-state index in [2.05, 4.69) is 5.29 Å². The molecule has 10 heteroatoms. The lowest BCUT2D eigenvalue weighted by Crippen LogP contribution is -2.62. The van der Waals surface area contributed by atoms with Gasteiger partial charge in [-0.25, -0.2) is 4.79 Å². The quantitative estimate of drug-likeness (QED) is 0.347. The van der Waals surface area contributed by atoms with Crippen molar-refractivity contribution >= 4 is 17.6 Å². The molecule has 1 aliphatic heterocycles. The van der Waals surface area contributed by atoms with E-state index in [1.807, 2.05) is 13.8 Å². The zero-order chi connectivity index (χ0) is 16.9. The lowest BCUT2D eigenvalue weighted by atomic mass is 10.0. The number of nitrogens with zero attached hydrogens (tertiary/aromatic N) is 3. The lowest BCUT2D eigenvalue weighted by molar-refractivity contribution is -0.221. The highest BCUT2D eigenvalue weighted by molar-refractivity contribution is 6.18. The number of rotatable bonds is 6. The van der Waals surface area contributed by atoms with E-state index in [1.54, 1.807) is 0 Å². The first-order valence-electron chi connectivity index (χ1n) is 6.96. The van der Waals surface area contributed by atoms with Gasteiger partial charge in [0.25, 0.3) is 0 Å². The second kappa shape index (κ2) is 8.59. The maximum Gasteiger partial charge on any atom is 0.345 e. The molecule has 1 aliphatic rings. The van der Waals surface area contributed by atoms with Crippen LogP contribution in [0.25, 0.3) is 0 Å². The molecule has 0 aromatic rings. The van der Waals surface area contributed by atoms with Gasteiger partial charge >= 0.3 is 6.03 Å². The lowest BCUT2D eigenvalue weighted by Gasteiger charge is -2.42. The Hall–Kier alpha value is -1.00. The average Bonchev–Trinajstić information content (AvgIpc) is 2.47. The smallest absolute Gasteiger partial charge is 0.345 e. The molecule has 3 N–H and O–H groups in total. The zero-order valence-corrected chi connectivity index (χ0v) is 13.3. The Balaban J connectivity index is 2.96. The van der Waals surface area contributed by atoms with Crippen LogP contribution in [0.4, 0.5) is 4.79 Å². The number of ether oxygens (including phenoxy) is 1. The van der Waals surface area contributed by atoms with Crippen molar-refractivity contribution in [3.8, 4) is 0 Å². The van der Waals surface area contributed by atoms with Crippen molar-refractivity contribution < 1.29 is 24.9 Å². The highest BCUT2D eigenvalue weighted by Crippen LogP contribution is 2.21. The van der Waals surface area contributed by atoms with E-state index in [0.717, 1.165) is 4.90 Å². The van der Waals surface area contributed by atoms with Gasteiger partial charge in [-0.1, -0.05) is 13.8 Å². The molecule has 1 rings (SSSR count). The average molecular weight is 340 g/mol. The van der Waals surface area contributed by atoms with E-state index < -0.39 is 30.6 Å². The van der Waals surface area contributed by atoms with Crippen LogP contribution < -0.4 is 0 Å². The summed E-state index contributed by atoms with van der Waals surface area (Å²) in [5.41, 5.74) is 0. The molecule has 128 valence electrons. The Morgan fingerprint density at radius 1 is 1.36 bits per heavy atom. The third kappa shape index (κ3) is 4.50. The fourth-order valence-electron chi connectivity index (χ4n) is 2.15. The zero-order valence-electron chi connectivity index (χ0n) is 12.5. The van der Waals surface area contributed by atoms with Crippen molar-refractivity contribution in [3.05, 3.63) is 4.91 Å². The Morgan fingerprint density at radius 3 is 2.50 bits per heavy atom. The molecule has 0 aliphatic carbocycles. The van der Waals surface area contributed by atoms with Gasteiger partial charge in [-0.2, -0.15) is 5.01 Å². The van der Waals surface area contributed by atoms with E-state index in [9.17, 15) is 25.0 Å². The normalized spacial score (nSPS) is 28.5. The van der Waals surface area contributed by atoms with Gasteiger partial charge in [-0.15, -0.1) is 16.5 Å². The van der Waals surface area contributed by atoms with E-state index in [-0.39, 0.29) is 31.5 Å². The molecule has 0 aromatic heterocycles. The Kier molecular flexibility index (Phi) is 7.43. The number of halogens is 1. The Morgan fingerprint density at radius 2 is 2.00 bits per heavy atom. The van der Waals surface area contributed by atoms with Crippen molar-refractivity contribution in [1.29, 1.82) is 0 Å². The molecule has 0 radical (unpaired) electrons. The van der Waals surface area contributed by atoms with Gasteiger partial charge in [0, 0.05) is 12.4 Å². The molecule has 1 unspecified atom stereocenters. The first kappa shape index (κ1) is 19.0. The first-order chi connectivity index (χ1) is 10.3. The van der Waals surface area contributed by atoms with Crippen LogP contribution in [-0.2, 0) is 4.74 Å². The molecule has 0 spiro atoms. The number of nitroso groups, excluding NO2 is 1. The summed E-state index contributed by atoms with van der Waals surface area (Å²) < 4.78 is 5.27.